The van der Waals surface area contributed by atoms with Gasteiger partial charge in [-0.25, -0.2) is 4.98 Å². The molecule has 112 valence electrons. The first-order valence-corrected chi connectivity index (χ1v) is 7.73. The minimum absolute atomic E-state index is 0.0926. The molecule has 1 aromatic heterocycles. The summed E-state index contributed by atoms with van der Waals surface area (Å²) in [5, 5.41) is 0.973. The number of hydrogen-bond acceptors (Lipinski definition) is 5. The average molecular weight is 305 g/mol. The minimum atomic E-state index is 0.0926. The number of ether oxygens (including phenoxy) is 1. The molecule has 3 rings (SSSR count). The van der Waals surface area contributed by atoms with E-state index in [1.807, 2.05) is 6.07 Å². The highest BCUT2D eigenvalue weighted by atomic mass is 32.1. The van der Waals surface area contributed by atoms with Crippen molar-refractivity contribution in [3.05, 3.63) is 17.7 Å². The van der Waals surface area contributed by atoms with Gasteiger partial charge in [0.25, 0.3) is 0 Å². The number of rotatable bonds is 3. The molecule has 1 fully saturated rings. The lowest BCUT2D eigenvalue weighted by atomic mass is 10.00. The number of nitrogens with zero attached hydrogens (tertiary/aromatic N) is 3. The molecule has 2 aromatic rings. The van der Waals surface area contributed by atoms with Crippen LogP contribution in [-0.4, -0.2) is 50.1 Å². The second-order valence-corrected chi connectivity index (χ2v) is 6.57. The summed E-state index contributed by atoms with van der Waals surface area (Å²) >= 11 is 1.67. The Bertz CT molecular complexity index is 690. The van der Waals surface area contributed by atoms with Crippen molar-refractivity contribution in [1.29, 1.82) is 0 Å². The van der Waals surface area contributed by atoms with E-state index in [0.29, 0.717) is 0 Å². The molecule has 21 heavy (non-hydrogen) atoms. The number of aryl methyl sites for hydroxylation is 1. The number of methoxy groups -OCH3 is 1. The number of carbonyl (C=O) groups excluding carboxylic acids is 1. The number of benzene rings is 1. The van der Waals surface area contributed by atoms with E-state index in [1.54, 1.807) is 37.4 Å². The van der Waals surface area contributed by atoms with Crippen LogP contribution >= 0.6 is 11.3 Å². The molecule has 0 N–H and O–H groups in total. The molecular weight excluding hydrogens is 286 g/mol. The molecule has 1 saturated heterocycles. The monoisotopic (exact) mass is 305 g/mol. The maximum absolute atomic E-state index is 11.9. The number of amides is 1. The van der Waals surface area contributed by atoms with E-state index in [1.165, 1.54) is 5.56 Å². The van der Waals surface area contributed by atoms with E-state index >= 15 is 0 Å². The van der Waals surface area contributed by atoms with Crippen molar-refractivity contribution in [3.63, 3.8) is 0 Å². The number of thiazole rings is 1. The number of anilines is 1. The van der Waals surface area contributed by atoms with Crippen LogP contribution in [0.15, 0.2) is 12.1 Å². The standard InChI is InChI=1S/C15H19N3O2S/c1-9-5-6-11(20-4)12-13(9)21-15(16-12)18-7-10(8-18)14(19)17(2)3/h5-6,10H,7-8H2,1-4H3. The fourth-order valence-corrected chi connectivity index (χ4v) is 3.62. The molecule has 1 amide bonds. The van der Waals surface area contributed by atoms with Crippen molar-refractivity contribution in [2.75, 3.05) is 39.2 Å². The summed E-state index contributed by atoms with van der Waals surface area (Å²) < 4.78 is 6.54. The van der Waals surface area contributed by atoms with E-state index < -0.39 is 0 Å². The second kappa shape index (κ2) is 5.18. The van der Waals surface area contributed by atoms with Gasteiger partial charge in [0.05, 0.1) is 17.7 Å². The van der Waals surface area contributed by atoms with Gasteiger partial charge >= 0.3 is 0 Å². The Morgan fingerprint density at radius 2 is 2.14 bits per heavy atom. The zero-order valence-corrected chi connectivity index (χ0v) is 13.5. The molecule has 0 aliphatic carbocycles. The molecule has 1 aromatic carbocycles. The van der Waals surface area contributed by atoms with Crippen LogP contribution in [0, 0.1) is 12.8 Å². The van der Waals surface area contributed by atoms with E-state index in [9.17, 15) is 4.79 Å². The Labute approximate surface area is 128 Å². The van der Waals surface area contributed by atoms with Gasteiger partial charge in [-0.05, 0) is 18.6 Å². The lowest BCUT2D eigenvalue weighted by molar-refractivity contribution is -0.133. The van der Waals surface area contributed by atoms with Gasteiger partial charge in [0.1, 0.15) is 11.3 Å². The van der Waals surface area contributed by atoms with Crippen molar-refractivity contribution in [3.8, 4) is 5.75 Å². The summed E-state index contributed by atoms with van der Waals surface area (Å²) in [5.74, 6) is 1.09. The quantitative estimate of drug-likeness (QED) is 0.871. The third-order valence-corrected chi connectivity index (χ3v) is 5.11. The molecule has 0 radical (unpaired) electrons. The van der Waals surface area contributed by atoms with Gasteiger partial charge in [-0.3, -0.25) is 4.79 Å². The first kappa shape index (κ1) is 14.1. The Balaban J connectivity index is 1.84. The fraction of sp³-hybridized carbons (Fsp3) is 0.467. The van der Waals surface area contributed by atoms with E-state index in [0.717, 1.165) is 34.2 Å². The highest BCUT2D eigenvalue weighted by Crippen LogP contribution is 2.38. The molecule has 1 aliphatic rings. The van der Waals surface area contributed by atoms with Crippen molar-refractivity contribution in [2.45, 2.75) is 6.92 Å². The third-order valence-electron chi connectivity index (χ3n) is 3.85. The second-order valence-electron chi connectivity index (χ2n) is 5.59. The highest BCUT2D eigenvalue weighted by Gasteiger charge is 2.35. The first-order chi connectivity index (χ1) is 10.0. The molecule has 0 bridgehead atoms. The largest absolute Gasteiger partial charge is 0.494 e. The van der Waals surface area contributed by atoms with Crippen molar-refractivity contribution in [2.24, 2.45) is 5.92 Å². The highest BCUT2D eigenvalue weighted by molar-refractivity contribution is 7.22. The van der Waals surface area contributed by atoms with Gasteiger partial charge in [-0.2, -0.15) is 0 Å². The van der Waals surface area contributed by atoms with Gasteiger partial charge in [0.2, 0.25) is 5.91 Å². The molecule has 2 heterocycles. The van der Waals surface area contributed by atoms with Gasteiger partial charge in [-0.1, -0.05) is 17.4 Å². The first-order valence-electron chi connectivity index (χ1n) is 6.91. The zero-order chi connectivity index (χ0) is 15.1. The van der Waals surface area contributed by atoms with Crippen molar-refractivity contribution >= 4 is 32.6 Å². The van der Waals surface area contributed by atoms with Crippen LogP contribution in [0.3, 0.4) is 0 Å². The van der Waals surface area contributed by atoms with Crippen LogP contribution in [0.4, 0.5) is 5.13 Å². The van der Waals surface area contributed by atoms with Gasteiger partial charge in [0.15, 0.2) is 5.13 Å². The van der Waals surface area contributed by atoms with E-state index in [4.69, 9.17) is 9.72 Å². The summed E-state index contributed by atoms with van der Waals surface area (Å²) in [4.78, 5) is 20.4. The Morgan fingerprint density at radius 1 is 1.43 bits per heavy atom. The summed E-state index contributed by atoms with van der Waals surface area (Å²) in [7, 11) is 5.27. The Hall–Kier alpha value is -1.82. The predicted octanol–water partition coefficient (Wildman–Crippen LogP) is 2.14. The van der Waals surface area contributed by atoms with Crippen LogP contribution in [0.1, 0.15) is 5.56 Å². The molecule has 1 aliphatic heterocycles. The Morgan fingerprint density at radius 3 is 2.76 bits per heavy atom. The molecule has 5 nitrogen and oxygen atoms in total. The van der Waals surface area contributed by atoms with Gasteiger partial charge < -0.3 is 14.5 Å². The average Bonchev–Trinajstić information content (AvgIpc) is 2.83. The minimum Gasteiger partial charge on any atom is -0.494 e. The summed E-state index contributed by atoms with van der Waals surface area (Å²) in [6.45, 7) is 3.58. The van der Waals surface area contributed by atoms with Crippen LogP contribution in [-0.2, 0) is 4.79 Å². The molecule has 6 heteroatoms. The molecule has 0 saturated carbocycles. The van der Waals surface area contributed by atoms with Crippen LogP contribution in [0.5, 0.6) is 5.75 Å². The summed E-state index contributed by atoms with van der Waals surface area (Å²) in [6.07, 6.45) is 0. The smallest absolute Gasteiger partial charge is 0.228 e. The fourth-order valence-electron chi connectivity index (χ4n) is 2.55. The third kappa shape index (κ3) is 2.33. The number of fused-ring (bicyclic) bond motifs is 1. The normalized spacial score (nSPS) is 15.1. The Kier molecular flexibility index (Phi) is 3.49. The van der Waals surface area contributed by atoms with E-state index in [2.05, 4.69) is 17.9 Å². The topological polar surface area (TPSA) is 45.7 Å². The lowest BCUT2D eigenvalue weighted by Crippen LogP contribution is -2.53. The number of hydrogen-bond donors (Lipinski definition) is 0. The van der Waals surface area contributed by atoms with Gasteiger partial charge in [0, 0.05) is 27.2 Å². The SMILES string of the molecule is COc1ccc(C)c2sc(N3CC(C(=O)N(C)C)C3)nc12. The van der Waals surface area contributed by atoms with Crippen LogP contribution < -0.4 is 9.64 Å². The number of carbonyl (C=O) groups is 1. The van der Waals surface area contributed by atoms with Gasteiger partial charge in [-0.15, -0.1) is 0 Å². The van der Waals surface area contributed by atoms with E-state index in [-0.39, 0.29) is 11.8 Å². The summed E-state index contributed by atoms with van der Waals surface area (Å²) in [5.41, 5.74) is 2.12. The maximum atomic E-state index is 11.9. The van der Waals surface area contributed by atoms with Crippen molar-refractivity contribution in [1.82, 2.24) is 9.88 Å². The van der Waals surface area contributed by atoms with Crippen molar-refractivity contribution < 1.29 is 9.53 Å². The molecule has 0 spiro atoms. The zero-order valence-electron chi connectivity index (χ0n) is 12.7. The predicted molar refractivity (Wildman–Crippen MR) is 85.3 cm³/mol. The maximum Gasteiger partial charge on any atom is 0.228 e. The van der Waals surface area contributed by atoms with Crippen LogP contribution in [0.2, 0.25) is 0 Å². The molecule has 0 atom stereocenters. The summed E-state index contributed by atoms with van der Waals surface area (Å²) in [6, 6.07) is 4.01. The molecule has 0 unspecified atom stereocenters. The number of aromatic nitrogens is 1. The molecular formula is C15H19N3O2S. The lowest BCUT2D eigenvalue weighted by Gasteiger charge is -2.39. The van der Waals surface area contributed by atoms with Crippen LogP contribution in [0.25, 0.3) is 10.2 Å².